The van der Waals surface area contributed by atoms with Gasteiger partial charge < -0.3 is 20.5 Å². The van der Waals surface area contributed by atoms with Crippen molar-refractivity contribution in [3.63, 3.8) is 0 Å². The number of amides is 2. The van der Waals surface area contributed by atoms with E-state index >= 15 is 0 Å². The third-order valence-electron chi connectivity index (χ3n) is 3.30. The van der Waals surface area contributed by atoms with Crippen LogP contribution in [0.15, 0.2) is 54.6 Å². The molecule has 0 saturated carbocycles. The van der Waals surface area contributed by atoms with E-state index in [1.54, 1.807) is 37.5 Å². The molecule has 0 radical (unpaired) electrons. The van der Waals surface area contributed by atoms with Gasteiger partial charge in [-0.2, -0.15) is 0 Å². The number of hydrogen-bond acceptors (Lipinski definition) is 5. The standard InChI is InChI=1S/C19H18N2O5/c1-25-16-4-2-3-13(11-16)5-10-18(23)26-12-17(22)21-15-8-6-14(7-9-15)19(20)24/h2-11H,12H2,1H3,(H2,20,24)(H,21,22)/b10-5+. The van der Waals surface area contributed by atoms with E-state index in [0.29, 0.717) is 17.0 Å². The minimum Gasteiger partial charge on any atom is -0.497 e. The second-order valence-corrected chi connectivity index (χ2v) is 5.21. The molecule has 0 fully saturated rings. The molecule has 0 saturated heterocycles. The zero-order chi connectivity index (χ0) is 18.9. The summed E-state index contributed by atoms with van der Waals surface area (Å²) >= 11 is 0. The third kappa shape index (κ3) is 5.79. The van der Waals surface area contributed by atoms with E-state index < -0.39 is 24.4 Å². The number of ether oxygens (including phenoxy) is 2. The largest absolute Gasteiger partial charge is 0.497 e. The van der Waals surface area contributed by atoms with Crippen molar-refractivity contribution in [2.24, 2.45) is 5.73 Å². The average molecular weight is 354 g/mol. The molecule has 2 aromatic rings. The highest BCUT2D eigenvalue weighted by Gasteiger charge is 2.06. The minimum absolute atomic E-state index is 0.331. The number of benzene rings is 2. The van der Waals surface area contributed by atoms with E-state index in [9.17, 15) is 14.4 Å². The van der Waals surface area contributed by atoms with Crippen LogP contribution in [0.5, 0.6) is 5.75 Å². The molecular weight excluding hydrogens is 336 g/mol. The molecule has 7 nitrogen and oxygen atoms in total. The molecule has 0 atom stereocenters. The van der Waals surface area contributed by atoms with Crippen LogP contribution in [0.2, 0.25) is 0 Å². The predicted molar refractivity (Wildman–Crippen MR) is 96.6 cm³/mol. The summed E-state index contributed by atoms with van der Waals surface area (Å²) in [4.78, 5) is 34.4. The fourth-order valence-corrected chi connectivity index (χ4v) is 2.01. The highest BCUT2D eigenvalue weighted by atomic mass is 16.5. The number of carbonyl (C=O) groups excluding carboxylic acids is 3. The number of esters is 1. The summed E-state index contributed by atoms with van der Waals surface area (Å²) in [6, 6.07) is 13.2. The summed E-state index contributed by atoms with van der Waals surface area (Å²) in [5.41, 5.74) is 6.69. The maximum Gasteiger partial charge on any atom is 0.331 e. The number of rotatable bonds is 7. The van der Waals surface area contributed by atoms with Crippen LogP contribution in [-0.2, 0) is 14.3 Å². The lowest BCUT2D eigenvalue weighted by Crippen LogP contribution is -2.20. The number of hydrogen-bond donors (Lipinski definition) is 2. The van der Waals surface area contributed by atoms with Gasteiger partial charge in [0.15, 0.2) is 6.61 Å². The average Bonchev–Trinajstić information content (AvgIpc) is 2.65. The van der Waals surface area contributed by atoms with Crippen LogP contribution in [-0.4, -0.2) is 31.5 Å². The molecule has 0 aromatic heterocycles. The Morgan fingerprint density at radius 3 is 2.50 bits per heavy atom. The lowest BCUT2D eigenvalue weighted by atomic mass is 10.2. The quantitative estimate of drug-likeness (QED) is 0.584. The first kappa shape index (κ1) is 18.7. The summed E-state index contributed by atoms with van der Waals surface area (Å²) < 4.78 is 9.96. The Labute approximate surface area is 150 Å². The molecule has 0 unspecified atom stereocenters. The molecule has 0 aliphatic rings. The van der Waals surface area contributed by atoms with E-state index in [1.165, 1.54) is 30.3 Å². The highest BCUT2D eigenvalue weighted by Crippen LogP contribution is 2.13. The molecule has 0 aliphatic carbocycles. The minimum atomic E-state index is -0.646. The summed E-state index contributed by atoms with van der Waals surface area (Å²) in [6.07, 6.45) is 2.79. The van der Waals surface area contributed by atoms with Crippen molar-refractivity contribution >= 4 is 29.5 Å². The van der Waals surface area contributed by atoms with Crippen LogP contribution >= 0.6 is 0 Å². The molecule has 26 heavy (non-hydrogen) atoms. The van der Waals surface area contributed by atoms with Crippen LogP contribution in [0.25, 0.3) is 6.08 Å². The molecule has 0 aliphatic heterocycles. The number of methoxy groups -OCH3 is 1. The van der Waals surface area contributed by atoms with Gasteiger partial charge >= 0.3 is 5.97 Å². The predicted octanol–water partition coefficient (Wildman–Crippen LogP) is 1.99. The normalized spacial score (nSPS) is 10.3. The number of carbonyl (C=O) groups is 3. The zero-order valence-corrected chi connectivity index (χ0v) is 14.1. The molecule has 0 heterocycles. The maximum absolute atomic E-state index is 11.8. The van der Waals surface area contributed by atoms with Crippen LogP contribution in [0, 0.1) is 0 Å². The summed E-state index contributed by atoms with van der Waals surface area (Å²) in [5.74, 6) is -1.03. The molecule has 2 aromatic carbocycles. The molecule has 7 heteroatoms. The Hall–Kier alpha value is -3.61. The monoisotopic (exact) mass is 354 g/mol. The first-order valence-electron chi connectivity index (χ1n) is 7.66. The first-order chi connectivity index (χ1) is 12.5. The van der Waals surface area contributed by atoms with E-state index in [-0.39, 0.29) is 0 Å². The smallest absolute Gasteiger partial charge is 0.331 e. The van der Waals surface area contributed by atoms with Gasteiger partial charge in [-0.05, 0) is 48.0 Å². The Morgan fingerprint density at radius 1 is 1.12 bits per heavy atom. The summed E-state index contributed by atoms with van der Waals surface area (Å²) in [6.45, 7) is -0.432. The van der Waals surface area contributed by atoms with E-state index in [4.69, 9.17) is 15.2 Å². The van der Waals surface area contributed by atoms with Crippen LogP contribution < -0.4 is 15.8 Å². The molecule has 3 N–H and O–H groups in total. The SMILES string of the molecule is COc1cccc(/C=C/C(=O)OCC(=O)Nc2ccc(C(N)=O)cc2)c1. The van der Waals surface area contributed by atoms with Gasteiger partial charge in [-0.1, -0.05) is 12.1 Å². The van der Waals surface area contributed by atoms with Crippen molar-refractivity contribution in [2.45, 2.75) is 0 Å². The topological polar surface area (TPSA) is 108 Å². The molecule has 2 amide bonds. The van der Waals surface area contributed by atoms with Crippen molar-refractivity contribution in [1.29, 1.82) is 0 Å². The van der Waals surface area contributed by atoms with Gasteiger partial charge in [-0.3, -0.25) is 9.59 Å². The van der Waals surface area contributed by atoms with Crippen molar-refractivity contribution in [2.75, 3.05) is 19.0 Å². The lowest BCUT2D eigenvalue weighted by molar-refractivity contribution is -0.142. The van der Waals surface area contributed by atoms with Crippen molar-refractivity contribution in [1.82, 2.24) is 0 Å². The van der Waals surface area contributed by atoms with Gasteiger partial charge in [0.25, 0.3) is 5.91 Å². The maximum atomic E-state index is 11.8. The second-order valence-electron chi connectivity index (χ2n) is 5.21. The number of anilines is 1. The van der Waals surface area contributed by atoms with Gasteiger partial charge in [0.2, 0.25) is 5.91 Å². The molecule has 0 bridgehead atoms. The highest BCUT2D eigenvalue weighted by molar-refractivity contribution is 5.96. The van der Waals surface area contributed by atoms with E-state index in [2.05, 4.69) is 5.32 Å². The third-order valence-corrected chi connectivity index (χ3v) is 3.30. The molecule has 0 spiro atoms. The molecule has 134 valence electrons. The van der Waals surface area contributed by atoms with Crippen molar-refractivity contribution < 1.29 is 23.9 Å². The first-order valence-corrected chi connectivity index (χ1v) is 7.66. The fraction of sp³-hybridized carbons (Fsp3) is 0.105. The van der Waals surface area contributed by atoms with Crippen LogP contribution in [0.3, 0.4) is 0 Å². The van der Waals surface area contributed by atoms with Gasteiger partial charge in [0.05, 0.1) is 7.11 Å². The molecule has 2 rings (SSSR count). The number of nitrogens with two attached hydrogens (primary N) is 1. The second kappa shape index (κ2) is 9.03. The van der Waals surface area contributed by atoms with Crippen LogP contribution in [0.1, 0.15) is 15.9 Å². The van der Waals surface area contributed by atoms with Crippen molar-refractivity contribution in [3.05, 3.63) is 65.7 Å². The Bertz CT molecular complexity index is 828. The summed E-state index contributed by atoms with van der Waals surface area (Å²) in [5, 5.41) is 2.54. The van der Waals surface area contributed by atoms with Crippen LogP contribution in [0.4, 0.5) is 5.69 Å². The van der Waals surface area contributed by atoms with E-state index in [0.717, 1.165) is 5.56 Å². The van der Waals surface area contributed by atoms with Crippen molar-refractivity contribution in [3.8, 4) is 5.75 Å². The van der Waals surface area contributed by atoms with Gasteiger partial charge in [0.1, 0.15) is 5.75 Å². The zero-order valence-electron chi connectivity index (χ0n) is 14.1. The van der Waals surface area contributed by atoms with Gasteiger partial charge in [-0.15, -0.1) is 0 Å². The fourth-order valence-electron chi connectivity index (χ4n) is 2.01. The number of primary amides is 1. The Morgan fingerprint density at radius 2 is 1.85 bits per heavy atom. The lowest BCUT2D eigenvalue weighted by Gasteiger charge is -2.06. The van der Waals surface area contributed by atoms with E-state index in [1.807, 2.05) is 0 Å². The Balaban J connectivity index is 1.81. The molecular formula is C19H18N2O5. The Kier molecular flexibility index (Phi) is 6.50. The summed E-state index contributed by atoms with van der Waals surface area (Å²) in [7, 11) is 1.55. The van der Waals surface area contributed by atoms with Gasteiger partial charge in [0, 0.05) is 17.3 Å². The number of nitrogens with one attached hydrogen (secondary N) is 1. The van der Waals surface area contributed by atoms with Gasteiger partial charge in [-0.25, -0.2) is 4.79 Å².